The Balaban J connectivity index is 0.00000161. The number of likely N-dealkylation sites (tertiary alicyclic amines) is 1. The third kappa shape index (κ3) is 4.21. The van der Waals surface area contributed by atoms with Crippen LogP contribution in [0.15, 0.2) is 30.3 Å². The average Bonchev–Trinajstić information content (AvgIpc) is 2.45. The van der Waals surface area contributed by atoms with Crippen molar-refractivity contribution in [3.63, 3.8) is 0 Å². The molecule has 2 aliphatic rings. The number of amides is 1. The first-order valence-electron chi connectivity index (χ1n) is 7.86. The molecule has 1 N–H and O–H groups in total. The summed E-state index contributed by atoms with van der Waals surface area (Å²) in [4.78, 5) is 14.2. The van der Waals surface area contributed by atoms with E-state index in [0.717, 1.165) is 32.1 Å². The zero-order chi connectivity index (χ0) is 13.8. The van der Waals surface area contributed by atoms with Gasteiger partial charge in [-0.1, -0.05) is 30.3 Å². The van der Waals surface area contributed by atoms with Crippen molar-refractivity contribution in [1.82, 2.24) is 10.2 Å². The van der Waals surface area contributed by atoms with E-state index in [4.69, 9.17) is 0 Å². The van der Waals surface area contributed by atoms with Crippen LogP contribution in [0.25, 0.3) is 0 Å². The van der Waals surface area contributed by atoms with Crippen molar-refractivity contribution in [2.45, 2.75) is 25.7 Å². The Bertz CT molecular complexity index is 439. The monoisotopic (exact) mass is 308 g/mol. The molecule has 2 saturated heterocycles. The lowest BCUT2D eigenvalue weighted by Crippen LogP contribution is -2.53. The van der Waals surface area contributed by atoms with Crippen molar-refractivity contribution in [1.29, 1.82) is 0 Å². The molecule has 0 spiro atoms. The molecule has 0 bridgehead atoms. The summed E-state index contributed by atoms with van der Waals surface area (Å²) in [7, 11) is 0. The van der Waals surface area contributed by atoms with Gasteiger partial charge in [0.15, 0.2) is 0 Å². The molecule has 0 saturated carbocycles. The quantitative estimate of drug-likeness (QED) is 0.927. The number of nitrogens with zero attached hydrogens (tertiary/aromatic N) is 1. The van der Waals surface area contributed by atoms with Crippen LogP contribution in [0.2, 0.25) is 0 Å². The summed E-state index contributed by atoms with van der Waals surface area (Å²) >= 11 is 0. The molecular formula is C17H25ClN2O. The van der Waals surface area contributed by atoms with Crippen molar-refractivity contribution in [2.75, 3.05) is 26.2 Å². The number of hydrogen-bond acceptors (Lipinski definition) is 2. The highest BCUT2D eigenvalue weighted by molar-refractivity contribution is 5.85. The fraction of sp³-hybridized carbons (Fsp3) is 0.588. The molecular weight excluding hydrogens is 284 g/mol. The van der Waals surface area contributed by atoms with Gasteiger partial charge in [-0.05, 0) is 37.2 Å². The molecule has 0 unspecified atom stereocenters. The highest BCUT2D eigenvalue weighted by Gasteiger charge is 2.31. The molecule has 2 heterocycles. The minimum Gasteiger partial charge on any atom is -0.342 e. The molecule has 3 nitrogen and oxygen atoms in total. The Morgan fingerprint density at radius 1 is 1.14 bits per heavy atom. The Morgan fingerprint density at radius 2 is 1.81 bits per heavy atom. The second-order valence-corrected chi connectivity index (χ2v) is 6.15. The highest BCUT2D eigenvalue weighted by atomic mass is 35.5. The van der Waals surface area contributed by atoms with Gasteiger partial charge in [-0.3, -0.25) is 4.79 Å². The Kier molecular flexibility index (Phi) is 6.07. The van der Waals surface area contributed by atoms with Crippen LogP contribution in [0.1, 0.15) is 24.8 Å². The fourth-order valence-electron chi connectivity index (χ4n) is 3.18. The first-order valence-corrected chi connectivity index (χ1v) is 7.86. The van der Waals surface area contributed by atoms with Gasteiger partial charge in [0.05, 0.1) is 5.92 Å². The Hall–Kier alpha value is -1.06. The van der Waals surface area contributed by atoms with Gasteiger partial charge in [-0.15, -0.1) is 12.4 Å². The summed E-state index contributed by atoms with van der Waals surface area (Å²) in [5, 5.41) is 3.18. The molecule has 1 amide bonds. The van der Waals surface area contributed by atoms with Crippen molar-refractivity contribution >= 4 is 18.3 Å². The minimum atomic E-state index is 0. The molecule has 3 rings (SSSR count). The molecule has 0 radical (unpaired) electrons. The topological polar surface area (TPSA) is 32.3 Å². The number of carbonyl (C=O) groups excluding carboxylic acids is 1. The second-order valence-electron chi connectivity index (χ2n) is 6.15. The van der Waals surface area contributed by atoms with Crippen LogP contribution in [0.3, 0.4) is 0 Å². The average molecular weight is 309 g/mol. The SMILES string of the molecule is Cl.O=C(C1CNC1)N1CCC(CCc2ccccc2)CC1. The molecule has 2 fully saturated rings. The van der Waals surface area contributed by atoms with E-state index in [1.165, 1.54) is 31.2 Å². The van der Waals surface area contributed by atoms with Gasteiger partial charge in [0.25, 0.3) is 0 Å². The number of aryl methyl sites for hydroxylation is 1. The van der Waals surface area contributed by atoms with Gasteiger partial charge in [0.2, 0.25) is 5.91 Å². The molecule has 0 aliphatic carbocycles. The van der Waals surface area contributed by atoms with E-state index in [2.05, 4.69) is 40.5 Å². The van der Waals surface area contributed by atoms with E-state index in [1.807, 2.05) is 0 Å². The molecule has 2 aliphatic heterocycles. The van der Waals surface area contributed by atoms with E-state index in [0.29, 0.717) is 5.91 Å². The molecule has 21 heavy (non-hydrogen) atoms. The Labute approximate surface area is 133 Å². The largest absolute Gasteiger partial charge is 0.342 e. The van der Waals surface area contributed by atoms with Crippen molar-refractivity contribution in [3.8, 4) is 0 Å². The zero-order valence-electron chi connectivity index (χ0n) is 12.5. The van der Waals surface area contributed by atoms with Gasteiger partial charge in [-0.25, -0.2) is 0 Å². The first kappa shape index (κ1) is 16.3. The molecule has 1 aromatic carbocycles. The zero-order valence-corrected chi connectivity index (χ0v) is 13.3. The van der Waals surface area contributed by atoms with Gasteiger partial charge in [-0.2, -0.15) is 0 Å². The maximum Gasteiger partial charge on any atom is 0.228 e. The summed E-state index contributed by atoms with van der Waals surface area (Å²) in [6, 6.07) is 10.7. The minimum absolute atomic E-state index is 0. The maximum absolute atomic E-state index is 12.2. The fourth-order valence-corrected chi connectivity index (χ4v) is 3.18. The highest BCUT2D eigenvalue weighted by Crippen LogP contribution is 2.24. The van der Waals surface area contributed by atoms with Gasteiger partial charge in [0.1, 0.15) is 0 Å². The Morgan fingerprint density at radius 3 is 2.38 bits per heavy atom. The lowest BCUT2D eigenvalue weighted by molar-refractivity contribution is -0.138. The van der Waals surface area contributed by atoms with Crippen molar-refractivity contribution in [2.24, 2.45) is 11.8 Å². The number of hydrogen-bond donors (Lipinski definition) is 1. The van der Waals surface area contributed by atoms with E-state index < -0.39 is 0 Å². The second kappa shape index (κ2) is 7.81. The number of benzene rings is 1. The third-order valence-corrected chi connectivity index (χ3v) is 4.74. The maximum atomic E-state index is 12.2. The summed E-state index contributed by atoms with van der Waals surface area (Å²) in [5.41, 5.74) is 1.44. The molecule has 0 atom stereocenters. The number of halogens is 1. The lowest BCUT2D eigenvalue weighted by atomic mass is 9.89. The molecule has 1 aromatic rings. The van der Waals surface area contributed by atoms with E-state index in [1.54, 1.807) is 0 Å². The molecule has 0 aromatic heterocycles. The summed E-state index contributed by atoms with van der Waals surface area (Å²) in [6.45, 7) is 3.70. The predicted molar refractivity (Wildman–Crippen MR) is 87.7 cm³/mol. The van der Waals surface area contributed by atoms with Crippen molar-refractivity contribution in [3.05, 3.63) is 35.9 Å². The summed E-state index contributed by atoms with van der Waals surface area (Å²) < 4.78 is 0. The predicted octanol–water partition coefficient (Wildman–Crippen LogP) is 2.50. The van der Waals surface area contributed by atoms with Gasteiger partial charge >= 0.3 is 0 Å². The van der Waals surface area contributed by atoms with Crippen LogP contribution in [0.4, 0.5) is 0 Å². The summed E-state index contributed by atoms with van der Waals surface area (Å²) in [5.74, 6) is 1.43. The number of carbonyl (C=O) groups is 1. The van der Waals surface area contributed by atoms with Crippen LogP contribution in [-0.4, -0.2) is 37.0 Å². The van der Waals surface area contributed by atoms with Crippen LogP contribution in [0.5, 0.6) is 0 Å². The number of piperidine rings is 1. The number of rotatable bonds is 4. The first-order chi connectivity index (χ1) is 9.83. The van der Waals surface area contributed by atoms with Crippen LogP contribution in [0, 0.1) is 11.8 Å². The van der Waals surface area contributed by atoms with E-state index >= 15 is 0 Å². The van der Waals surface area contributed by atoms with E-state index in [9.17, 15) is 4.79 Å². The smallest absolute Gasteiger partial charge is 0.228 e. The van der Waals surface area contributed by atoms with E-state index in [-0.39, 0.29) is 18.3 Å². The standard InChI is InChI=1S/C17H24N2O.ClH/c20-17(16-12-18-13-16)19-10-8-15(9-11-19)7-6-14-4-2-1-3-5-14;/h1-5,15-16,18H,6-13H2;1H. The van der Waals surface area contributed by atoms with Crippen LogP contribution >= 0.6 is 12.4 Å². The number of nitrogens with one attached hydrogen (secondary N) is 1. The van der Waals surface area contributed by atoms with Gasteiger partial charge in [0, 0.05) is 26.2 Å². The molecule has 4 heteroatoms. The van der Waals surface area contributed by atoms with Crippen molar-refractivity contribution < 1.29 is 4.79 Å². The normalized spacial score (nSPS) is 19.7. The van der Waals surface area contributed by atoms with Crippen LogP contribution < -0.4 is 5.32 Å². The van der Waals surface area contributed by atoms with Gasteiger partial charge < -0.3 is 10.2 Å². The van der Waals surface area contributed by atoms with Crippen LogP contribution in [-0.2, 0) is 11.2 Å². The lowest BCUT2D eigenvalue weighted by Gasteiger charge is -2.37. The third-order valence-electron chi connectivity index (χ3n) is 4.74. The molecule has 116 valence electrons. The summed E-state index contributed by atoms with van der Waals surface area (Å²) in [6.07, 6.45) is 4.79.